The lowest BCUT2D eigenvalue weighted by molar-refractivity contribution is 0.0696. The molecular formula is C17H19NO2S. The lowest BCUT2D eigenvalue weighted by Gasteiger charge is -2.09. The summed E-state index contributed by atoms with van der Waals surface area (Å²) in [6, 6.07) is 11.6. The number of carbonyl (C=O) groups is 1. The van der Waals surface area contributed by atoms with Crippen LogP contribution < -0.4 is 0 Å². The second-order valence-electron chi connectivity index (χ2n) is 5.36. The SMILES string of the molecule is Cc1cccc(CSc2cc(C(=O)O)cc(C(C)C)n2)c1. The smallest absolute Gasteiger partial charge is 0.335 e. The molecule has 0 spiro atoms. The van der Waals surface area contributed by atoms with Gasteiger partial charge in [0, 0.05) is 11.4 Å². The molecule has 110 valence electrons. The molecule has 0 radical (unpaired) electrons. The molecule has 1 N–H and O–H groups in total. The molecule has 1 heterocycles. The van der Waals surface area contributed by atoms with Crippen LogP contribution in [-0.4, -0.2) is 16.1 Å². The van der Waals surface area contributed by atoms with Crippen LogP contribution in [-0.2, 0) is 5.75 Å². The first kappa shape index (κ1) is 15.6. The van der Waals surface area contributed by atoms with Gasteiger partial charge in [0.05, 0.1) is 10.6 Å². The van der Waals surface area contributed by atoms with E-state index in [-0.39, 0.29) is 5.92 Å². The summed E-state index contributed by atoms with van der Waals surface area (Å²) in [6.45, 7) is 6.10. The molecule has 1 aromatic heterocycles. The zero-order valence-corrected chi connectivity index (χ0v) is 13.3. The van der Waals surface area contributed by atoms with E-state index in [0.717, 1.165) is 16.5 Å². The van der Waals surface area contributed by atoms with Crippen molar-refractivity contribution in [2.45, 2.75) is 37.5 Å². The lowest BCUT2D eigenvalue weighted by Crippen LogP contribution is -2.02. The van der Waals surface area contributed by atoms with Gasteiger partial charge in [0.1, 0.15) is 0 Å². The summed E-state index contributed by atoms with van der Waals surface area (Å²) >= 11 is 1.57. The third-order valence-corrected chi connectivity index (χ3v) is 4.11. The first-order valence-electron chi connectivity index (χ1n) is 6.89. The highest BCUT2D eigenvalue weighted by molar-refractivity contribution is 7.98. The fraction of sp³-hybridized carbons (Fsp3) is 0.294. The minimum atomic E-state index is -0.906. The largest absolute Gasteiger partial charge is 0.478 e. The van der Waals surface area contributed by atoms with E-state index in [0.29, 0.717) is 5.56 Å². The predicted octanol–water partition coefficient (Wildman–Crippen LogP) is 4.50. The van der Waals surface area contributed by atoms with Crippen LogP contribution in [0.25, 0.3) is 0 Å². The molecular weight excluding hydrogens is 282 g/mol. The van der Waals surface area contributed by atoms with Gasteiger partial charge in [-0.15, -0.1) is 11.8 Å². The van der Waals surface area contributed by atoms with Crippen molar-refractivity contribution >= 4 is 17.7 Å². The molecule has 0 atom stereocenters. The van der Waals surface area contributed by atoms with Crippen molar-refractivity contribution in [1.29, 1.82) is 0 Å². The fourth-order valence-corrected chi connectivity index (χ4v) is 2.85. The van der Waals surface area contributed by atoms with E-state index in [2.05, 4.69) is 30.1 Å². The summed E-state index contributed by atoms with van der Waals surface area (Å²) < 4.78 is 0. The van der Waals surface area contributed by atoms with Crippen LogP contribution in [0.5, 0.6) is 0 Å². The Hall–Kier alpha value is -1.81. The number of hydrogen-bond acceptors (Lipinski definition) is 3. The molecule has 0 amide bonds. The van der Waals surface area contributed by atoms with Gasteiger partial charge >= 0.3 is 5.97 Å². The third-order valence-electron chi connectivity index (χ3n) is 3.13. The van der Waals surface area contributed by atoms with E-state index in [1.54, 1.807) is 23.9 Å². The van der Waals surface area contributed by atoms with Crippen molar-refractivity contribution in [3.05, 3.63) is 58.8 Å². The summed E-state index contributed by atoms with van der Waals surface area (Å²) in [5.41, 5.74) is 3.57. The molecule has 0 aliphatic carbocycles. The van der Waals surface area contributed by atoms with Crippen LogP contribution in [0.4, 0.5) is 0 Å². The van der Waals surface area contributed by atoms with Gasteiger partial charge < -0.3 is 5.11 Å². The highest BCUT2D eigenvalue weighted by Crippen LogP contribution is 2.25. The first-order valence-corrected chi connectivity index (χ1v) is 7.88. The number of nitrogens with zero attached hydrogens (tertiary/aromatic N) is 1. The van der Waals surface area contributed by atoms with Gasteiger partial charge in [-0.3, -0.25) is 0 Å². The quantitative estimate of drug-likeness (QED) is 0.826. The Morgan fingerprint density at radius 1 is 1.29 bits per heavy atom. The van der Waals surface area contributed by atoms with Crippen molar-refractivity contribution in [3.8, 4) is 0 Å². The molecule has 0 saturated heterocycles. The fourth-order valence-electron chi connectivity index (χ4n) is 1.98. The van der Waals surface area contributed by atoms with Crippen molar-refractivity contribution in [2.75, 3.05) is 0 Å². The maximum absolute atomic E-state index is 11.2. The van der Waals surface area contributed by atoms with Crippen molar-refractivity contribution < 1.29 is 9.90 Å². The number of carboxylic acid groups (broad SMARTS) is 1. The van der Waals surface area contributed by atoms with E-state index < -0.39 is 5.97 Å². The first-order chi connectivity index (χ1) is 9.95. The van der Waals surface area contributed by atoms with Crippen LogP contribution in [0.3, 0.4) is 0 Å². The molecule has 2 rings (SSSR count). The summed E-state index contributed by atoms with van der Waals surface area (Å²) in [6.07, 6.45) is 0. The van der Waals surface area contributed by atoms with E-state index in [9.17, 15) is 9.90 Å². The third kappa shape index (κ3) is 4.33. The van der Waals surface area contributed by atoms with Crippen molar-refractivity contribution in [3.63, 3.8) is 0 Å². The standard InChI is InChI=1S/C17H19NO2S/c1-11(2)15-8-14(17(19)20)9-16(18-15)21-10-13-6-4-5-12(3)7-13/h4-9,11H,10H2,1-3H3,(H,19,20). The number of hydrogen-bond donors (Lipinski definition) is 1. The minimum Gasteiger partial charge on any atom is -0.478 e. The Labute approximate surface area is 129 Å². The number of aryl methyl sites for hydroxylation is 1. The van der Waals surface area contributed by atoms with E-state index >= 15 is 0 Å². The number of carboxylic acids is 1. The molecule has 0 aliphatic heterocycles. The number of rotatable bonds is 5. The van der Waals surface area contributed by atoms with Gasteiger partial charge in [0.15, 0.2) is 0 Å². The molecule has 4 heteroatoms. The Bertz CT molecular complexity index is 653. The second-order valence-corrected chi connectivity index (χ2v) is 6.35. The van der Waals surface area contributed by atoms with Crippen LogP contribution in [0, 0.1) is 6.92 Å². The Balaban J connectivity index is 2.21. The molecule has 0 unspecified atom stereocenters. The summed E-state index contributed by atoms with van der Waals surface area (Å²) in [5, 5.41) is 9.96. The molecule has 0 aliphatic rings. The van der Waals surface area contributed by atoms with E-state index in [4.69, 9.17) is 0 Å². The van der Waals surface area contributed by atoms with Gasteiger partial charge in [0.25, 0.3) is 0 Å². The highest BCUT2D eigenvalue weighted by atomic mass is 32.2. The van der Waals surface area contributed by atoms with Gasteiger partial charge in [0.2, 0.25) is 0 Å². The van der Waals surface area contributed by atoms with Crippen LogP contribution in [0.2, 0.25) is 0 Å². The molecule has 2 aromatic rings. The normalized spacial score (nSPS) is 10.9. The Morgan fingerprint density at radius 3 is 2.67 bits per heavy atom. The predicted molar refractivity (Wildman–Crippen MR) is 86.0 cm³/mol. The van der Waals surface area contributed by atoms with Crippen molar-refractivity contribution in [1.82, 2.24) is 4.98 Å². The molecule has 21 heavy (non-hydrogen) atoms. The van der Waals surface area contributed by atoms with Crippen molar-refractivity contribution in [2.24, 2.45) is 0 Å². The number of thioether (sulfide) groups is 1. The molecule has 0 saturated carbocycles. The highest BCUT2D eigenvalue weighted by Gasteiger charge is 2.11. The maximum atomic E-state index is 11.2. The average Bonchev–Trinajstić information content (AvgIpc) is 2.45. The van der Waals surface area contributed by atoms with Gasteiger partial charge in [-0.1, -0.05) is 43.7 Å². The Kier molecular flexibility index (Phi) is 5.02. The van der Waals surface area contributed by atoms with Crippen LogP contribution in [0.1, 0.15) is 46.9 Å². The Morgan fingerprint density at radius 2 is 2.05 bits per heavy atom. The minimum absolute atomic E-state index is 0.211. The summed E-state index contributed by atoms with van der Waals surface area (Å²) in [4.78, 5) is 15.8. The van der Waals surface area contributed by atoms with E-state index in [1.807, 2.05) is 19.9 Å². The summed E-state index contributed by atoms with van der Waals surface area (Å²) in [5.74, 6) is 0.0919. The van der Waals surface area contributed by atoms with E-state index in [1.165, 1.54) is 11.1 Å². The van der Waals surface area contributed by atoms with Gasteiger partial charge in [-0.05, 0) is 30.5 Å². The monoisotopic (exact) mass is 301 g/mol. The second kappa shape index (κ2) is 6.76. The zero-order valence-electron chi connectivity index (χ0n) is 12.5. The lowest BCUT2D eigenvalue weighted by atomic mass is 10.1. The molecule has 3 nitrogen and oxygen atoms in total. The van der Waals surface area contributed by atoms with Gasteiger partial charge in [-0.25, -0.2) is 9.78 Å². The molecule has 0 bridgehead atoms. The zero-order chi connectivity index (χ0) is 15.4. The molecule has 0 fully saturated rings. The summed E-state index contributed by atoms with van der Waals surface area (Å²) in [7, 11) is 0. The molecule has 1 aromatic carbocycles. The topological polar surface area (TPSA) is 50.2 Å². The average molecular weight is 301 g/mol. The van der Waals surface area contributed by atoms with Crippen LogP contribution >= 0.6 is 11.8 Å². The number of benzene rings is 1. The number of aromatic nitrogens is 1. The number of pyridine rings is 1. The van der Waals surface area contributed by atoms with Gasteiger partial charge in [-0.2, -0.15) is 0 Å². The van der Waals surface area contributed by atoms with Crippen LogP contribution in [0.15, 0.2) is 41.4 Å². The maximum Gasteiger partial charge on any atom is 0.335 e. The number of aromatic carboxylic acids is 1.